The molecule has 0 radical (unpaired) electrons. The Morgan fingerprint density at radius 2 is 1.67 bits per heavy atom. The van der Waals surface area contributed by atoms with Gasteiger partial charge in [-0.15, -0.1) is 0 Å². The molecule has 0 spiro atoms. The lowest BCUT2D eigenvalue weighted by molar-refractivity contribution is -0.144. The van der Waals surface area contributed by atoms with Crippen LogP contribution >= 0.6 is 0 Å². The maximum atomic E-state index is 13.8. The van der Waals surface area contributed by atoms with Crippen LogP contribution in [0.4, 0.5) is 0 Å². The number of carbonyl (C=O) groups is 2. The molecule has 6 heteroatoms. The number of dihydropyridines is 1. The molecule has 2 aromatic rings. The average Bonchev–Trinajstić information content (AvgIpc) is 2.87. The third-order valence-electron chi connectivity index (χ3n) is 7.22. The molecular weight excluding hydrogens is 454 g/mol. The number of ether oxygens (including phenoxy) is 3. The van der Waals surface area contributed by atoms with Crippen molar-refractivity contribution in [2.24, 2.45) is 0 Å². The van der Waals surface area contributed by atoms with Crippen LogP contribution in [0.3, 0.4) is 0 Å². The van der Waals surface area contributed by atoms with Crippen molar-refractivity contribution in [3.05, 3.63) is 81.7 Å². The van der Waals surface area contributed by atoms with Crippen molar-refractivity contribution in [1.82, 2.24) is 5.32 Å². The first kappa shape index (κ1) is 25.5. The van der Waals surface area contributed by atoms with Crippen LogP contribution in [0.5, 0.6) is 11.5 Å². The number of aryl methyl sites for hydroxylation is 1. The molecule has 36 heavy (non-hydrogen) atoms. The van der Waals surface area contributed by atoms with Gasteiger partial charge in [-0.1, -0.05) is 42.8 Å². The van der Waals surface area contributed by atoms with Gasteiger partial charge < -0.3 is 19.5 Å². The summed E-state index contributed by atoms with van der Waals surface area (Å²) in [4.78, 5) is 27.1. The van der Waals surface area contributed by atoms with Crippen LogP contribution in [0.15, 0.2) is 65.0 Å². The summed E-state index contributed by atoms with van der Waals surface area (Å²) in [6.07, 6.45) is 1.53. The molecule has 6 nitrogen and oxygen atoms in total. The van der Waals surface area contributed by atoms with Crippen molar-refractivity contribution in [3.63, 3.8) is 0 Å². The van der Waals surface area contributed by atoms with Gasteiger partial charge in [-0.25, -0.2) is 4.79 Å². The van der Waals surface area contributed by atoms with Gasteiger partial charge in [0.25, 0.3) is 0 Å². The summed E-state index contributed by atoms with van der Waals surface area (Å²) in [5.41, 5.74) is 5.83. The van der Waals surface area contributed by atoms with Crippen molar-refractivity contribution in [2.45, 2.75) is 64.9 Å². The summed E-state index contributed by atoms with van der Waals surface area (Å²) in [5, 5.41) is 3.41. The quantitative estimate of drug-likeness (QED) is 0.502. The fourth-order valence-corrected chi connectivity index (χ4v) is 5.07. The smallest absolute Gasteiger partial charge is 0.337 e. The van der Waals surface area contributed by atoms with Gasteiger partial charge in [0.15, 0.2) is 17.3 Å². The Balaban J connectivity index is 1.76. The van der Waals surface area contributed by atoms with E-state index in [9.17, 15) is 9.59 Å². The number of nitrogens with one attached hydrogen (secondary N) is 1. The second-order valence-electron chi connectivity index (χ2n) is 9.67. The number of benzene rings is 2. The second kappa shape index (κ2) is 10.6. The number of rotatable bonds is 7. The monoisotopic (exact) mass is 489 g/mol. The molecule has 2 aliphatic rings. The van der Waals surface area contributed by atoms with Crippen molar-refractivity contribution in [3.8, 4) is 11.5 Å². The van der Waals surface area contributed by atoms with E-state index in [1.807, 2.05) is 70.2 Å². The molecule has 1 N–H and O–H groups in total. The van der Waals surface area contributed by atoms with Crippen molar-refractivity contribution < 1.29 is 23.8 Å². The molecule has 4 rings (SSSR count). The van der Waals surface area contributed by atoms with Crippen LogP contribution in [0.25, 0.3) is 0 Å². The number of hydrogen-bond donors (Lipinski definition) is 1. The lowest BCUT2D eigenvalue weighted by Gasteiger charge is -2.37. The Labute approximate surface area is 213 Å². The number of methoxy groups -OCH3 is 2. The Hall–Kier alpha value is -3.54. The summed E-state index contributed by atoms with van der Waals surface area (Å²) >= 11 is 0. The highest BCUT2D eigenvalue weighted by Gasteiger charge is 2.41. The van der Waals surface area contributed by atoms with E-state index >= 15 is 0 Å². The van der Waals surface area contributed by atoms with E-state index in [0.717, 1.165) is 34.5 Å². The van der Waals surface area contributed by atoms with Crippen LogP contribution in [0, 0.1) is 6.92 Å². The lowest BCUT2D eigenvalue weighted by Crippen LogP contribution is -2.36. The zero-order valence-corrected chi connectivity index (χ0v) is 21.9. The fourth-order valence-electron chi connectivity index (χ4n) is 5.07. The summed E-state index contributed by atoms with van der Waals surface area (Å²) < 4.78 is 16.6. The highest BCUT2D eigenvalue weighted by molar-refractivity contribution is 6.04. The Bertz CT molecular complexity index is 1220. The van der Waals surface area contributed by atoms with Crippen LogP contribution in [-0.4, -0.2) is 32.1 Å². The summed E-state index contributed by atoms with van der Waals surface area (Å²) in [6.45, 7) is 7.78. The molecule has 2 aromatic carbocycles. The predicted octanol–water partition coefficient (Wildman–Crippen LogP) is 5.72. The molecule has 0 aromatic heterocycles. The Morgan fingerprint density at radius 1 is 1.00 bits per heavy atom. The average molecular weight is 490 g/mol. The van der Waals surface area contributed by atoms with E-state index in [4.69, 9.17) is 14.2 Å². The highest BCUT2D eigenvalue weighted by Crippen LogP contribution is 2.46. The van der Waals surface area contributed by atoms with Gasteiger partial charge in [0.1, 0.15) is 0 Å². The molecule has 1 aliphatic heterocycles. The standard InChI is InChI=1S/C30H35NO5/c1-7-18(3)36-30(33)27-19(4)31-23-14-22(21-12-13-25(34-5)26(16-21)35-6)15-24(32)29(23)28(27)20-10-8-17(2)9-11-20/h8-13,16,18,22,28,31H,7,14-15H2,1-6H3/t18-,22+,28-/m0/s1. The van der Waals surface area contributed by atoms with E-state index in [2.05, 4.69) is 5.32 Å². The van der Waals surface area contributed by atoms with E-state index in [-0.39, 0.29) is 23.8 Å². The van der Waals surface area contributed by atoms with Gasteiger partial charge in [-0.2, -0.15) is 0 Å². The van der Waals surface area contributed by atoms with Crippen LogP contribution in [0.1, 0.15) is 68.6 Å². The minimum absolute atomic E-state index is 0.0105. The molecule has 1 heterocycles. The predicted molar refractivity (Wildman–Crippen MR) is 139 cm³/mol. The van der Waals surface area contributed by atoms with Gasteiger partial charge in [-0.05, 0) is 62.8 Å². The van der Waals surface area contributed by atoms with Gasteiger partial charge in [0, 0.05) is 29.3 Å². The Kier molecular flexibility index (Phi) is 7.53. The second-order valence-corrected chi connectivity index (χ2v) is 9.67. The van der Waals surface area contributed by atoms with Gasteiger partial charge in [-0.3, -0.25) is 4.79 Å². The number of carbonyl (C=O) groups excluding carboxylic acids is 2. The molecule has 1 aliphatic carbocycles. The van der Waals surface area contributed by atoms with Crippen LogP contribution < -0.4 is 14.8 Å². The van der Waals surface area contributed by atoms with Gasteiger partial charge >= 0.3 is 5.97 Å². The van der Waals surface area contributed by atoms with Crippen molar-refractivity contribution in [1.29, 1.82) is 0 Å². The maximum Gasteiger partial charge on any atom is 0.337 e. The maximum absolute atomic E-state index is 13.8. The number of allylic oxidation sites excluding steroid dienone is 3. The SMILES string of the molecule is CC[C@H](C)OC(=O)C1=C(C)NC2=C(C(=O)C[C@H](c3ccc(OC)c(OC)c3)C2)[C@H]1c1ccc(C)cc1. The summed E-state index contributed by atoms with van der Waals surface area (Å²) in [6, 6.07) is 13.9. The topological polar surface area (TPSA) is 73.9 Å². The molecule has 0 amide bonds. The number of Topliss-reactive ketones (excluding diaryl/α,β-unsaturated/α-hetero) is 1. The molecule has 190 valence electrons. The van der Waals surface area contributed by atoms with E-state index < -0.39 is 5.92 Å². The zero-order chi connectivity index (χ0) is 26.0. The van der Waals surface area contributed by atoms with Gasteiger partial charge in [0.2, 0.25) is 0 Å². The third kappa shape index (κ3) is 4.90. The third-order valence-corrected chi connectivity index (χ3v) is 7.22. The molecule has 0 bridgehead atoms. The first-order valence-electron chi connectivity index (χ1n) is 12.5. The lowest BCUT2D eigenvalue weighted by atomic mass is 9.71. The molecule has 0 saturated carbocycles. The van der Waals surface area contributed by atoms with E-state index in [0.29, 0.717) is 35.5 Å². The normalized spacial score (nSPS) is 20.4. The largest absolute Gasteiger partial charge is 0.493 e. The number of esters is 1. The zero-order valence-electron chi connectivity index (χ0n) is 21.9. The molecule has 0 fully saturated rings. The highest BCUT2D eigenvalue weighted by atomic mass is 16.5. The molecule has 3 atom stereocenters. The first-order chi connectivity index (χ1) is 17.3. The van der Waals surface area contributed by atoms with Crippen molar-refractivity contribution >= 4 is 11.8 Å². The number of ketones is 1. The van der Waals surface area contributed by atoms with E-state index in [1.165, 1.54) is 0 Å². The number of hydrogen-bond acceptors (Lipinski definition) is 6. The van der Waals surface area contributed by atoms with Gasteiger partial charge in [0.05, 0.1) is 25.9 Å². The summed E-state index contributed by atoms with van der Waals surface area (Å²) in [7, 11) is 3.21. The molecule has 0 unspecified atom stereocenters. The van der Waals surface area contributed by atoms with Crippen LogP contribution in [0.2, 0.25) is 0 Å². The van der Waals surface area contributed by atoms with Crippen LogP contribution in [-0.2, 0) is 14.3 Å². The minimum atomic E-state index is -0.461. The van der Waals surface area contributed by atoms with E-state index in [1.54, 1.807) is 14.2 Å². The first-order valence-corrected chi connectivity index (χ1v) is 12.5. The van der Waals surface area contributed by atoms with Crippen molar-refractivity contribution in [2.75, 3.05) is 14.2 Å². The minimum Gasteiger partial charge on any atom is -0.493 e. The molecule has 0 saturated heterocycles. The fraction of sp³-hybridized carbons (Fsp3) is 0.400. The summed E-state index contributed by atoms with van der Waals surface area (Å²) in [5.74, 6) is 0.488. The molecular formula is C30H35NO5. The Morgan fingerprint density at radius 3 is 2.31 bits per heavy atom.